The predicted octanol–water partition coefficient (Wildman–Crippen LogP) is 3.00. The van der Waals surface area contributed by atoms with Gasteiger partial charge in [-0.2, -0.15) is 5.10 Å². The number of rotatable bonds is 6. The monoisotopic (exact) mass is 395 g/mol. The second-order valence-corrected chi connectivity index (χ2v) is 7.65. The molecule has 1 aliphatic heterocycles. The van der Waals surface area contributed by atoms with Gasteiger partial charge in [-0.1, -0.05) is 30.3 Å². The van der Waals surface area contributed by atoms with Crippen LogP contribution in [-0.2, 0) is 22.6 Å². The van der Waals surface area contributed by atoms with E-state index in [1.165, 1.54) is 11.3 Å². The van der Waals surface area contributed by atoms with E-state index in [1.54, 1.807) is 9.58 Å². The number of benzene rings is 1. The molecule has 1 aromatic carbocycles. The fourth-order valence-corrected chi connectivity index (χ4v) is 4.09. The zero-order valence-corrected chi connectivity index (χ0v) is 16.4. The molecular weight excluding hydrogens is 374 g/mol. The number of aryl methyl sites for hydroxylation is 1. The molecule has 1 saturated heterocycles. The highest BCUT2D eigenvalue weighted by molar-refractivity contribution is 7.14. The first-order valence-corrected chi connectivity index (χ1v) is 10.1. The summed E-state index contributed by atoms with van der Waals surface area (Å²) in [5.74, 6) is 0.612. The lowest BCUT2D eigenvalue weighted by atomic mass is 10.2. The Hall–Kier alpha value is -3.00. The van der Waals surface area contributed by atoms with E-state index in [1.807, 2.05) is 48.7 Å². The number of anilines is 2. The summed E-state index contributed by atoms with van der Waals surface area (Å²) in [5.41, 5.74) is 2.62. The molecule has 7 nitrogen and oxygen atoms in total. The molecule has 2 aromatic heterocycles. The summed E-state index contributed by atoms with van der Waals surface area (Å²) in [5, 5.41) is 9.92. The summed E-state index contributed by atoms with van der Waals surface area (Å²) in [6.45, 7) is 3.19. The van der Waals surface area contributed by atoms with Crippen LogP contribution < -0.4 is 10.2 Å². The zero-order chi connectivity index (χ0) is 19.5. The van der Waals surface area contributed by atoms with Gasteiger partial charge in [-0.25, -0.2) is 9.67 Å². The van der Waals surface area contributed by atoms with Gasteiger partial charge in [-0.15, -0.1) is 11.3 Å². The van der Waals surface area contributed by atoms with Gasteiger partial charge in [0.1, 0.15) is 5.82 Å². The van der Waals surface area contributed by atoms with Gasteiger partial charge in [0.15, 0.2) is 5.13 Å². The normalized spacial score (nSPS) is 13.9. The van der Waals surface area contributed by atoms with Crippen molar-refractivity contribution in [2.75, 3.05) is 16.8 Å². The third-order valence-corrected chi connectivity index (χ3v) is 5.44. The van der Waals surface area contributed by atoms with Crippen LogP contribution >= 0.6 is 11.3 Å². The number of nitrogens with zero attached hydrogens (tertiary/aromatic N) is 4. The van der Waals surface area contributed by atoms with Gasteiger partial charge in [0.05, 0.1) is 24.4 Å². The highest BCUT2D eigenvalue weighted by Gasteiger charge is 2.24. The number of hydrogen-bond acceptors (Lipinski definition) is 5. The van der Waals surface area contributed by atoms with Crippen molar-refractivity contribution in [1.29, 1.82) is 0 Å². The number of carbonyl (C=O) groups is 2. The molecule has 0 unspecified atom stereocenters. The smallest absolute Gasteiger partial charge is 0.231 e. The molecule has 1 N–H and O–H groups in total. The quantitative estimate of drug-likeness (QED) is 0.696. The maximum atomic E-state index is 12.5. The molecule has 2 amide bonds. The van der Waals surface area contributed by atoms with Crippen LogP contribution in [0, 0.1) is 6.92 Å². The maximum Gasteiger partial charge on any atom is 0.231 e. The van der Waals surface area contributed by atoms with E-state index < -0.39 is 0 Å². The molecular formula is C20H21N5O2S. The Kier molecular flexibility index (Phi) is 5.21. The summed E-state index contributed by atoms with van der Waals surface area (Å²) < 4.78 is 1.79. The molecule has 1 aliphatic rings. The van der Waals surface area contributed by atoms with Gasteiger partial charge in [-0.05, 0) is 18.9 Å². The molecule has 1 fully saturated rings. The van der Waals surface area contributed by atoms with Crippen molar-refractivity contribution in [3.05, 3.63) is 58.7 Å². The highest BCUT2D eigenvalue weighted by Crippen LogP contribution is 2.25. The molecule has 0 bridgehead atoms. The van der Waals surface area contributed by atoms with Crippen LogP contribution in [0.1, 0.15) is 29.8 Å². The average molecular weight is 395 g/mol. The van der Waals surface area contributed by atoms with Crippen LogP contribution in [0.2, 0.25) is 0 Å². The van der Waals surface area contributed by atoms with E-state index in [2.05, 4.69) is 15.4 Å². The summed E-state index contributed by atoms with van der Waals surface area (Å²) >= 11 is 1.40. The average Bonchev–Trinajstić information content (AvgIpc) is 3.37. The van der Waals surface area contributed by atoms with Gasteiger partial charge in [0.2, 0.25) is 11.8 Å². The van der Waals surface area contributed by atoms with Crippen molar-refractivity contribution in [2.24, 2.45) is 0 Å². The second kappa shape index (κ2) is 7.93. The van der Waals surface area contributed by atoms with Gasteiger partial charge in [-0.3, -0.25) is 14.5 Å². The van der Waals surface area contributed by atoms with E-state index in [0.717, 1.165) is 17.7 Å². The number of carbonyl (C=O) groups excluding carboxylic acids is 2. The molecule has 0 aliphatic carbocycles. The Bertz CT molecular complexity index is 995. The minimum atomic E-state index is -0.154. The lowest BCUT2D eigenvalue weighted by Crippen LogP contribution is -2.23. The molecule has 0 saturated carbocycles. The van der Waals surface area contributed by atoms with Gasteiger partial charge < -0.3 is 5.32 Å². The Balaban J connectivity index is 1.42. The summed E-state index contributed by atoms with van der Waals surface area (Å²) in [6, 6.07) is 11.8. The zero-order valence-electron chi connectivity index (χ0n) is 15.6. The first-order chi connectivity index (χ1) is 13.6. The van der Waals surface area contributed by atoms with Gasteiger partial charge in [0.25, 0.3) is 0 Å². The van der Waals surface area contributed by atoms with E-state index >= 15 is 0 Å². The van der Waals surface area contributed by atoms with E-state index in [-0.39, 0.29) is 18.2 Å². The Morgan fingerprint density at radius 2 is 2.11 bits per heavy atom. The SMILES string of the molecule is Cc1cc(NC(=O)Cc2csc(N3CCCC3=O)n2)n(Cc2ccccc2)n1. The van der Waals surface area contributed by atoms with Crippen molar-refractivity contribution in [1.82, 2.24) is 14.8 Å². The largest absolute Gasteiger partial charge is 0.311 e. The molecule has 0 spiro atoms. The fourth-order valence-electron chi connectivity index (χ4n) is 3.23. The lowest BCUT2D eigenvalue weighted by Gasteiger charge is -2.10. The third-order valence-electron chi connectivity index (χ3n) is 4.53. The summed E-state index contributed by atoms with van der Waals surface area (Å²) in [6.07, 6.45) is 1.59. The first kappa shape index (κ1) is 18.4. The fraction of sp³-hybridized carbons (Fsp3) is 0.300. The molecule has 28 heavy (non-hydrogen) atoms. The molecule has 3 heterocycles. The van der Waals surface area contributed by atoms with E-state index in [9.17, 15) is 9.59 Å². The van der Waals surface area contributed by atoms with Crippen molar-refractivity contribution in [3.8, 4) is 0 Å². The Morgan fingerprint density at radius 1 is 1.29 bits per heavy atom. The molecule has 4 rings (SSSR count). The Labute approximate surface area is 167 Å². The number of amides is 2. The standard InChI is InChI=1S/C20H21N5O2S/c1-14-10-17(25(23-14)12-15-6-3-2-4-7-15)22-18(26)11-16-13-28-20(21-16)24-9-5-8-19(24)27/h2-4,6-7,10,13H,5,8-9,11-12H2,1H3,(H,22,26). The predicted molar refractivity (Wildman–Crippen MR) is 109 cm³/mol. The minimum absolute atomic E-state index is 0.102. The number of aromatic nitrogens is 3. The summed E-state index contributed by atoms with van der Waals surface area (Å²) in [7, 11) is 0. The molecule has 8 heteroatoms. The maximum absolute atomic E-state index is 12.5. The minimum Gasteiger partial charge on any atom is -0.311 e. The molecule has 0 atom stereocenters. The van der Waals surface area contributed by atoms with Crippen LogP contribution in [0.5, 0.6) is 0 Å². The van der Waals surface area contributed by atoms with Crippen LogP contribution in [0.4, 0.5) is 10.9 Å². The van der Waals surface area contributed by atoms with E-state index in [4.69, 9.17) is 0 Å². The highest BCUT2D eigenvalue weighted by atomic mass is 32.1. The number of hydrogen-bond donors (Lipinski definition) is 1. The van der Waals surface area contributed by atoms with Crippen LogP contribution in [-0.4, -0.2) is 33.1 Å². The van der Waals surface area contributed by atoms with Crippen molar-refractivity contribution in [2.45, 2.75) is 32.7 Å². The van der Waals surface area contributed by atoms with Crippen molar-refractivity contribution >= 4 is 34.1 Å². The number of nitrogens with one attached hydrogen (secondary N) is 1. The van der Waals surface area contributed by atoms with Crippen molar-refractivity contribution in [3.63, 3.8) is 0 Å². The van der Waals surface area contributed by atoms with Gasteiger partial charge in [0, 0.05) is 24.4 Å². The number of thiazole rings is 1. The lowest BCUT2D eigenvalue weighted by molar-refractivity contribution is -0.117. The van der Waals surface area contributed by atoms with Crippen LogP contribution in [0.25, 0.3) is 0 Å². The molecule has 0 radical (unpaired) electrons. The van der Waals surface area contributed by atoms with Gasteiger partial charge >= 0.3 is 0 Å². The molecule has 144 valence electrons. The summed E-state index contributed by atoms with van der Waals surface area (Å²) in [4.78, 5) is 30.5. The van der Waals surface area contributed by atoms with Crippen LogP contribution in [0.15, 0.2) is 41.8 Å². The van der Waals surface area contributed by atoms with Crippen LogP contribution in [0.3, 0.4) is 0 Å². The third kappa shape index (κ3) is 4.12. The topological polar surface area (TPSA) is 80.1 Å². The van der Waals surface area contributed by atoms with E-state index in [0.29, 0.717) is 36.2 Å². The molecule has 3 aromatic rings. The van der Waals surface area contributed by atoms with Crippen molar-refractivity contribution < 1.29 is 9.59 Å². The first-order valence-electron chi connectivity index (χ1n) is 9.21. The Morgan fingerprint density at radius 3 is 2.86 bits per heavy atom. The second-order valence-electron chi connectivity index (χ2n) is 6.81.